The Labute approximate surface area is 136 Å². The first-order chi connectivity index (χ1) is 11.4. The molecule has 1 aliphatic heterocycles. The Morgan fingerprint density at radius 2 is 2.00 bits per heavy atom. The van der Waals surface area contributed by atoms with Crippen LogP contribution in [0.5, 0.6) is 0 Å². The number of ether oxygens (including phenoxy) is 1. The number of hydrogen-bond acceptors (Lipinski definition) is 3. The molecule has 1 atom stereocenters. The SMILES string of the molecule is O=C(CO[C@H](c1ccccc1)C(F)(F)F)N1CCn2cncc2C1. The van der Waals surface area contributed by atoms with E-state index in [4.69, 9.17) is 4.74 Å². The molecule has 2 aromatic rings. The lowest BCUT2D eigenvalue weighted by molar-refractivity contribution is -0.224. The number of carbonyl (C=O) groups excluding carboxylic acids is 1. The number of hydrogen-bond donors (Lipinski definition) is 0. The molecule has 3 rings (SSSR count). The predicted octanol–water partition coefficient (Wildman–Crippen LogP) is 2.55. The minimum absolute atomic E-state index is 0.0190. The first-order valence-electron chi connectivity index (χ1n) is 7.45. The van der Waals surface area contributed by atoms with Gasteiger partial charge in [0.05, 0.1) is 18.6 Å². The van der Waals surface area contributed by atoms with Gasteiger partial charge in [-0.1, -0.05) is 30.3 Å². The van der Waals surface area contributed by atoms with E-state index in [1.54, 1.807) is 18.6 Å². The zero-order valence-corrected chi connectivity index (χ0v) is 12.7. The lowest BCUT2D eigenvalue weighted by Crippen LogP contribution is -2.40. The van der Waals surface area contributed by atoms with Gasteiger partial charge in [-0.15, -0.1) is 0 Å². The highest BCUT2D eigenvalue weighted by molar-refractivity contribution is 5.77. The maximum Gasteiger partial charge on any atom is 0.418 e. The Balaban J connectivity index is 1.64. The van der Waals surface area contributed by atoms with Crippen molar-refractivity contribution in [2.75, 3.05) is 13.2 Å². The second kappa shape index (κ2) is 6.64. The number of imidazole rings is 1. The van der Waals surface area contributed by atoms with Crippen LogP contribution >= 0.6 is 0 Å². The summed E-state index contributed by atoms with van der Waals surface area (Å²) in [5, 5.41) is 0. The zero-order chi connectivity index (χ0) is 17.2. The standard InChI is InChI=1S/C16H16F3N3O2/c17-16(18,19)15(12-4-2-1-3-5-12)24-10-14(23)21-6-7-22-11-20-8-13(22)9-21/h1-5,8,11,15H,6-7,9-10H2/t15-/m1/s1. The molecule has 24 heavy (non-hydrogen) atoms. The van der Waals surface area contributed by atoms with Gasteiger partial charge in [-0.3, -0.25) is 4.79 Å². The molecule has 5 nitrogen and oxygen atoms in total. The number of alkyl halides is 3. The molecule has 8 heteroatoms. The van der Waals surface area contributed by atoms with Gasteiger partial charge in [0.25, 0.3) is 0 Å². The fraction of sp³-hybridized carbons (Fsp3) is 0.375. The van der Waals surface area contributed by atoms with Crippen molar-refractivity contribution in [3.8, 4) is 0 Å². The Morgan fingerprint density at radius 1 is 1.25 bits per heavy atom. The van der Waals surface area contributed by atoms with Crippen molar-refractivity contribution in [1.29, 1.82) is 0 Å². The van der Waals surface area contributed by atoms with E-state index < -0.39 is 24.8 Å². The van der Waals surface area contributed by atoms with E-state index in [2.05, 4.69) is 4.98 Å². The maximum atomic E-state index is 13.2. The van der Waals surface area contributed by atoms with Gasteiger partial charge in [-0.25, -0.2) is 4.98 Å². The van der Waals surface area contributed by atoms with Crippen LogP contribution in [0.15, 0.2) is 42.9 Å². The molecular formula is C16H16F3N3O2. The van der Waals surface area contributed by atoms with Crippen LogP contribution in [0.4, 0.5) is 13.2 Å². The van der Waals surface area contributed by atoms with Crippen LogP contribution in [0, 0.1) is 0 Å². The summed E-state index contributed by atoms with van der Waals surface area (Å²) in [4.78, 5) is 17.7. The fourth-order valence-electron chi connectivity index (χ4n) is 2.65. The third-order valence-electron chi connectivity index (χ3n) is 3.89. The van der Waals surface area contributed by atoms with Crippen LogP contribution in [0.2, 0.25) is 0 Å². The highest BCUT2D eigenvalue weighted by atomic mass is 19.4. The van der Waals surface area contributed by atoms with E-state index in [1.807, 2.05) is 4.57 Å². The summed E-state index contributed by atoms with van der Waals surface area (Å²) in [5.74, 6) is -0.465. The molecule has 0 radical (unpaired) electrons. The fourth-order valence-corrected chi connectivity index (χ4v) is 2.65. The van der Waals surface area contributed by atoms with Crippen LogP contribution in [0.1, 0.15) is 17.4 Å². The molecule has 1 aliphatic rings. The van der Waals surface area contributed by atoms with Gasteiger partial charge in [-0.05, 0) is 5.56 Å². The van der Waals surface area contributed by atoms with Crippen LogP contribution in [-0.4, -0.2) is 39.7 Å². The third kappa shape index (κ3) is 3.59. The number of nitrogens with zero attached hydrogens (tertiary/aromatic N) is 3. The van der Waals surface area contributed by atoms with Crippen molar-refractivity contribution in [2.45, 2.75) is 25.4 Å². The van der Waals surface area contributed by atoms with Crippen LogP contribution < -0.4 is 0 Å². The number of carbonyl (C=O) groups is 1. The highest BCUT2D eigenvalue weighted by Gasteiger charge is 2.42. The summed E-state index contributed by atoms with van der Waals surface area (Å²) < 4.78 is 46.4. The average Bonchev–Trinajstić information content (AvgIpc) is 3.02. The van der Waals surface area contributed by atoms with E-state index in [0.717, 1.165) is 5.69 Å². The normalized spacial score (nSPS) is 15.9. The van der Waals surface area contributed by atoms with Gasteiger partial charge in [0.1, 0.15) is 6.61 Å². The zero-order valence-electron chi connectivity index (χ0n) is 12.7. The second-order valence-corrected chi connectivity index (χ2v) is 5.54. The van der Waals surface area contributed by atoms with E-state index in [0.29, 0.717) is 19.6 Å². The Bertz CT molecular complexity index is 700. The molecule has 0 saturated heterocycles. The van der Waals surface area contributed by atoms with Gasteiger partial charge >= 0.3 is 6.18 Å². The number of fused-ring (bicyclic) bond motifs is 1. The summed E-state index contributed by atoms with van der Waals surface area (Å²) in [7, 11) is 0. The smallest absolute Gasteiger partial charge is 0.354 e. The molecule has 128 valence electrons. The molecule has 1 amide bonds. The summed E-state index contributed by atoms with van der Waals surface area (Å²) in [6.07, 6.45) is -3.38. The molecule has 1 aromatic carbocycles. The van der Waals surface area contributed by atoms with Gasteiger partial charge in [0.15, 0.2) is 6.10 Å². The summed E-state index contributed by atoms with van der Waals surface area (Å²) in [6, 6.07) is 7.30. The molecule has 0 unspecified atom stereocenters. The monoisotopic (exact) mass is 339 g/mol. The molecule has 0 N–H and O–H groups in total. The highest BCUT2D eigenvalue weighted by Crippen LogP contribution is 2.35. The summed E-state index contributed by atoms with van der Waals surface area (Å²) in [5.41, 5.74) is 0.833. The molecule has 0 saturated carbocycles. The first-order valence-corrected chi connectivity index (χ1v) is 7.45. The molecule has 2 heterocycles. The van der Waals surface area contributed by atoms with E-state index in [-0.39, 0.29) is 5.56 Å². The van der Waals surface area contributed by atoms with Crippen LogP contribution in [-0.2, 0) is 22.6 Å². The van der Waals surface area contributed by atoms with Crippen molar-refractivity contribution >= 4 is 5.91 Å². The summed E-state index contributed by atoms with van der Waals surface area (Å²) >= 11 is 0. The number of amides is 1. The Hall–Kier alpha value is -2.35. The lowest BCUT2D eigenvalue weighted by Gasteiger charge is -2.29. The van der Waals surface area contributed by atoms with Crippen LogP contribution in [0.25, 0.3) is 0 Å². The van der Waals surface area contributed by atoms with Gasteiger partial charge in [0, 0.05) is 19.3 Å². The average molecular weight is 339 g/mol. The quantitative estimate of drug-likeness (QED) is 0.860. The van der Waals surface area contributed by atoms with Crippen molar-refractivity contribution in [2.24, 2.45) is 0 Å². The van der Waals surface area contributed by atoms with Crippen molar-refractivity contribution in [3.05, 3.63) is 54.1 Å². The predicted molar refractivity (Wildman–Crippen MR) is 78.8 cm³/mol. The molecule has 0 aliphatic carbocycles. The first kappa shape index (κ1) is 16.5. The number of benzene rings is 1. The maximum absolute atomic E-state index is 13.2. The van der Waals surface area contributed by atoms with E-state index in [1.165, 1.54) is 29.2 Å². The minimum Gasteiger partial charge on any atom is -0.354 e. The third-order valence-corrected chi connectivity index (χ3v) is 3.89. The van der Waals surface area contributed by atoms with Crippen molar-refractivity contribution in [3.63, 3.8) is 0 Å². The van der Waals surface area contributed by atoms with Gasteiger partial charge < -0.3 is 14.2 Å². The van der Waals surface area contributed by atoms with Gasteiger partial charge in [0.2, 0.25) is 5.91 Å². The van der Waals surface area contributed by atoms with E-state index in [9.17, 15) is 18.0 Å². The summed E-state index contributed by atoms with van der Waals surface area (Å²) in [6.45, 7) is 0.702. The van der Waals surface area contributed by atoms with Gasteiger partial charge in [-0.2, -0.15) is 13.2 Å². The molecular weight excluding hydrogens is 323 g/mol. The Kier molecular flexibility index (Phi) is 4.57. The topological polar surface area (TPSA) is 47.4 Å². The minimum atomic E-state index is -4.58. The molecule has 0 spiro atoms. The van der Waals surface area contributed by atoms with Crippen molar-refractivity contribution < 1.29 is 22.7 Å². The number of aromatic nitrogens is 2. The van der Waals surface area contributed by atoms with Crippen LogP contribution in [0.3, 0.4) is 0 Å². The number of halogens is 3. The number of rotatable bonds is 4. The largest absolute Gasteiger partial charge is 0.418 e. The molecule has 1 aromatic heterocycles. The lowest BCUT2D eigenvalue weighted by atomic mass is 10.1. The second-order valence-electron chi connectivity index (χ2n) is 5.54. The molecule has 0 bridgehead atoms. The van der Waals surface area contributed by atoms with Crippen molar-refractivity contribution in [1.82, 2.24) is 14.5 Å². The Morgan fingerprint density at radius 3 is 2.71 bits per heavy atom. The molecule has 0 fully saturated rings. The van der Waals surface area contributed by atoms with E-state index >= 15 is 0 Å².